The van der Waals surface area contributed by atoms with Crippen molar-refractivity contribution in [1.29, 1.82) is 0 Å². The van der Waals surface area contributed by atoms with Crippen LogP contribution >= 0.6 is 0 Å². The van der Waals surface area contributed by atoms with Gasteiger partial charge in [0.2, 0.25) is 5.91 Å². The van der Waals surface area contributed by atoms with Gasteiger partial charge in [-0.05, 0) is 57.3 Å². The van der Waals surface area contributed by atoms with Crippen molar-refractivity contribution in [3.8, 4) is 5.75 Å². The third-order valence-corrected chi connectivity index (χ3v) is 6.77. The van der Waals surface area contributed by atoms with Gasteiger partial charge in [-0.3, -0.25) is 4.79 Å². The largest absolute Gasteiger partial charge is 0.488 e. The van der Waals surface area contributed by atoms with Crippen molar-refractivity contribution in [2.45, 2.75) is 58.6 Å². The maximum atomic E-state index is 12.8. The molecule has 1 unspecified atom stereocenters. The molecular formula is C29H37N5O2. The molecule has 2 N–H and O–H groups in total. The maximum Gasteiger partial charge on any atom is 0.248 e. The predicted molar refractivity (Wildman–Crippen MR) is 146 cm³/mol. The van der Waals surface area contributed by atoms with E-state index in [0.717, 1.165) is 54.8 Å². The van der Waals surface area contributed by atoms with Crippen molar-refractivity contribution in [1.82, 2.24) is 14.9 Å². The molecule has 2 aromatic carbocycles. The Labute approximate surface area is 214 Å². The number of carbonyl (C=O) groups is 1. The second-order valence-electron chi connectivity index (χ2n) is 9.27. The number of ether oxygens (including phenoxy) is 1. The summed E-state index contributed by atoms with van der Waals surface area (Å²) in [5.41, 5.74) is 2.57. The average Bonchev–Trinajstić information content (AvgIpc) is 3.41. The van der Waals surface area contributed by atoms with Gasteiger partial charge in [0, 0.05) is 30.1 Å². The van der Waals surface area contributed by atoms with Gasteiger partial charge in [-0.15, -0.1) is 0 Å². The molecule has 7 nitrogen and oxygen atoms in total. The SMILES string of the molecule is CCN(CC)CC=CC(=O)Nc1cc2c(NC(C)c3ccccc3)ncnc2cc1OC1CCCC1. The molecule has 1 fully saturated rings. The van der Waals surface area contributed by atoms with Gasteiger partial charge in [0.1, 0.15) is 17.9 Å². The zero-order valence-electron chi connectivity index (χ0n) is 21.5. The predicted octanol–water partition coefficient (Wildman–Crippen LogP) is 5.96. The van der Waals surface area contributed by atoms with Crippen molar-refractivity contribution in [2.75, 3.05) is 30.3 Å². The standard InChI is InChI=1S/C29H37N5O2/c1-4-34(5-2)17-11-16-28(35)33-26-18-24-25(19-27(26)36-23-14-9-10-15-23)30-20-31-29(24)32-21(3)22-12-7-6-8-13-22/h6-8,11-13,16,18-21,23H,4-5,9-10,14-15,17H2,1-3H3,(H,33,35)(H,30,31,32). The number of amides is 1. The summed E-state index contributed by atoms with van der Waals surface area (Å²) in [5.74, 6) is 1.19. The van der Waals surface area contributed by atoms with Gasteiger partial charge >= 0.3 is 0 Å². The summed E-state index contributed by atoms with van der Waals surface area (Å²) in [5, 5.41) is 7.39. The van der Waals surface area contributed by atoms with Crippen LogP contribution in [0.4, 0.5) is 11.5 Å². The summed E-state index contributed by atoms with van der Waals surface area (Å²) in [4.78, 5) is 24.1. The summed E-state index contributed by atoms with van der Waals surface area (Å²) >= 11 is 0. The number of anilines is 2. The van der Waals surface area contributed by atoms with Crippen molar-refractivity contribution in [3.05, 3.63) is 66.5 Å². The first-order valence-electron chi connectivity index (χ1n) is 13.0. The normalized spacial score (nSPS) is 15.0. The van der Waals surface area contributed by atoms with Crippen LogP contribution in [-0.2, 0) is 4.79 Å². The minimum atomic E-state index is -0.179. The molecule has 0 saturated heterocycles. The lowest BCUT2D eigenvalue weighted by Gasteiger charge is -2.19. The summed E-state index contributed by atoms with van der Waals surface area (Å²) in [6, 6.07) is 14.1. The fourth-order valence-electron chi connectivity index (χ4n) is 4.58. The van der Waals surface area contributed by atoms with Crippen molar-refractivity contribution < 1.29 is 9.53 Å². The first-order chi connectivity index (χ1) is 17.6. The fraction of sp³-hybridized carbons (Fsp3) is 0.414. The molecule has 3 aromatic rings. The van der Waals surface area contributed by atoms with E-state index < -0.39 is 0 Å². The van der Waals surface area contributed by atoms with Gasteiger partial charge in [-0.2, -0.15) is 0 Å². The van der Waals surface area contributed by atoms with Gasteiger partial charge in [-0.1, -0.05) is 50.3 Å². The van der Waals surface area contributed by atoms with Gasteiger partial charge in [0.25, 0.3) is 0 Å². The van der Waals surface area contributed by atoms with Crippen molar-refractivity contribution in [2.24, 2.45) is 0 Å². The summed E-state index contributed by atoms with van der Waals surface area (Å²) in [6.07, 6.45) is 9.62. The van der Waals surface area contributed by atoms with Crippen LogP contribution in [0, 0.1) is 0 Å². The topological polar surface area (TPSA) is 79.4 Å². The summed E-state index contributed by atoms with van der Waals surface area (Å²) < 4.78 is 6.36. The smallest absolute Gasteiger partial charge is 0.248 e. The van der Waals surface area contributed by atoms with E-state index >= 15 is 0 Å². The monoisotopic (exact) mass is 487 g/mol. The van der Waals surface area contributed by atoms with E-state index in [1.54, 1.807) is 12.4 Å². The number of nitrogens with one attached hydrogen (secondary N) is 2. The lowest BCUT2D eigenvalue weighted by Crippen LogP contribution is -2.23. The Hall–Kier alpha value is -3.45. The number of likely N-dealkylation sites (N-methyl/N-ethyl adjacent to an activating group) is 1. The second kappa shape index (κ2) is 12.5. The number of carbonyl (C=O) groups excluding carboxylic acids is 1. The van der Waals surface area contributed by atoms with Gasteiger partial charge in [0.05, 0.1) is 17.3 Å². The van der Waals surface area contributed by atoms with E-state index in [9.17, 15) is 4.79 Å². The molecule has 1 aliphatic carbocycles. The molecule has 4 rings (SSSR count). The Morgan fingerprint density at radius 2 is 1.89 bits per heavy atom. The zero-order chi connectivity index (χ0) is 25.3. The quantitative estimate of drug-likeness (QED) is 0.325. The Balaban J connectivity index is 1.62. The van der Waals surface area contributed by atoms with E-state index in [0.29, 0.717) is 11.4 Å². The van der Waals surface area contributed by atoms with Gasteiger partial charge < -0.3 is 20.3 Å². The third kappa shape index (κ3) is 6.61. The van der Waals surface area contributed by atoms with Crippen LogP contribution < -0.4 is 15.4 Å². The number of nitrogens with zero attached hydrogens (tertiary/aromatic N) is 3. The summed E-state index contributed by atoms with van der Waals surface area (Å²) in [6.45, 7) is 8.97. The highest BCUT2D eigenvalue weighted by Crippen LogP contribution is 2.36. The Bertz CT molecular complexity index is 1170. The molecule has 190 valence electrons. The van der Waals surface area contributed by atoms with E-state index in [1.165, 1.54) is 12.8 Å². The van der Waals surface area contributed by atoms with Crippen LogP contribution in [0.3, 0.4) is 0 Å². The summed E-state index contributed by atoms with van der Waals surface area (Å²) in [7, 11) is 0. The molecule has 1 aliphatic rings. The van der Waals surface area contributed by atoms with E-state index in [-0.39, 0.29) is 18.1 Å². The van der Waals surface area contributed by atoms with E-state index in [1.807, 2.05) is 36.4 Å². The third-order valence-electron chi connectivity index (χ3n) is 6.77. The Morgan fingerprint density at radius 3 is 2.61 bits per heavy atom. The fourth-order valence-corrected chi connectivity index (χ4v) is 4.58. The number of hydrogen-bond donors (Lipinski definition) is 2. The van der Waals surface area contributed by atoms with Crippen LogP contribution in [0.1, 0.15) is 58.1 Å². The maximum absolute atomic E-state index is 12.8. The Kier molecular flexibility index (Phi) is 8.90. The van der Waals surface area contributed by atoms with Crippen LogP contribution in [0.2, 0.25) is 0 Å². The van der Waals surface area contributed by atoms with Crippen molar-refractivity contribution in [3.63, 3.8) is 0 Å². The van der Waals surface area contributed by atoms with Crippen LogP contribution in [0.15, 0.2) is 60.9 Å². The Morgan fingerprint density at radius 1 is 1.14 bits per heavy atom. The number of hydrogen-bond acceptors (Lipinski definition) is 6. The molecule has 1 amide bonds. The lowest BCUT2D eigenvalue weighted by atomic mass is 10.1. The number of aromatic nitrogens is 2. The average molecular weight is 488 g/mol. The first kappa shape index (κ1) is 25.6. The minimum Gasteiger partial charge on any atom is -0.488 e. The molecule has 1 heterocycles. The second-order valence-corrected chi connectivity index (χ2v) is 9.27. The minimum absolute atomic E-state index is 0.0553. The van der Waals surface area contributed by atoms with E-state index in [4.69, 9.17) is 4.74 Å². The zero-order valence-corrected chi connectivity index (χ0v) is 21.5. The molecule has 0 radical (unpaired) electrons. The number of fused-ring (bicyclic) bond motifs is 1. The van der Waals surface area contributed by atoms with Crippen LogP contribution in [-0.4, -0.2) is 46.5 Å². The van der Waals surface area contributed by atoms with Crippen LogP contribution in [0.25, 0.3) is 10.9 Å². The van der Waals surface area contributed by atoms with Crippen molar-refractivity contribution >= 4 is 28.3 Å². The molecule has 36 heavy (non-hydrogen) atoms. The molecule has 0 spiro atoms. The molecule has 0 bridgehead atoms. The van der Waals surface area contributed by atoms with Crippen LogP contribution in [0.5, 0.6) is 5.75 Å². The molecular weight excluding hydrogens is 450 g/mol. The molecule has 0 aliphatic heterocycles. The molecule has 1 aromatic heterocycles. The lowest BCUT2D eigenvalue weighted by molar-refractivity contribution is -0.111. The molecule has 1 saturated carbocycles. The molecule has 1 atom stereocenters. The highest BCUT2D eigenvalue weighted by molar-refractivity contribution is 6.03. The first-order valence-corrected chi connectivity index (χ1v) is 13.0. The molecule has 7 heteroatoms. The van der Waals surface area contributed by atoms with E-state index in [2.05, 4.69) is 58.4 Å². The number of rotatable bonds is 11. The van der Waals surface area contributed by atoms with Gasteiger partial charge in [-0.25, -0.2) is 9.97 Å². The number of benzene rings is 2. The highest BCUT2D eigenvalue weighted by Gasteiger charge is 2.20. The highest BCUT2D eigenvalue weighted by atomic mass is 16.5. The van der Waals surface area contributed by atoms with Gasteiger partial charge in [0.15, 0.2) is 0 Å².